The number of halogens is 1. The number of aromatic nitrogens is 1. The first-order valence-electron chi connectivity index (χ1n) is 10.1. The van der Waals surface area contributed by atoms with Crippen molar-refractivity contribution < 1.29 is 13.9 Å². The van der Waals surface area contributed by atoms with Crippen LogP contribution in [-0.4, -0.2) is 21.2 Å². The molecule has 0 fully saturated rings. The Labute approximate surface area is 186 Å². The fraction of sp³-hybridized carbons (Fsp3) is 0.167. The Morgan fingerprint density at radius 3 is 2.81 bits per heavy atom. The monoisotopic (exact) mass is 475 g/mol. The van der Waals surface area contributed by atoms with Crippen LogP contribution in [0, 0.1) is 0 Å². The van der Waals surface area contributed by atoms with Gasteiger partial charge in [0, 0.05) is 40.5 Å². The van der Waals surface area contributed by atoms with Crippen LogP contribution >= 0.6 is 15.9 Å². The molecule has 154 valence electrons. The average Bonchev–Trinajstić information content (AvgIpc) is 3.50. The Morgan fingerprint density at radius 1 is 1.13 bits per heavy atom. The molecule has 2 atom stereocenters. The van der Waals surface area contributed by atoms with Gasteiger partial charge in [0.1, 0.15) is 17.2 Å². The number of hydrogen-bond acceptors (Lipinski definition) is 5. The molecule has 6 nitrogen and oxygen atoms in total. The van der Waals surface area contributed by atoms with E-state index in [0.717, 1.165) is 43.7 Å². The Kier molecular flexibility index (Phi) is 4.08. The molecular weight excluding hydrogens is 458 g/mol. The first kappa shape index (κ1) is 18.4. The molecule has 2 aromatic heterocycles. The normalized spacial score (nSPS) is 19.7. The molecule has 6 rings (SSSR count). The van der Waals surface area contributed by atoms with Crippen molar-refractivity contribution in [3.8, 4) is 5.75 Å². The van der Waals surface area contributed by atoms with Gasteiger partial charge in [0.15, 0.2) is 0 Å². The van der Waals surface area contributed by atoms with E-state index in [4.69, 9.17) is 14.3 Å². The average molecular weight is 476 g/mol. The van der Waals surface area contributed by atoms with Crippen molar-refractivity contribution in [3.05, 3.63) is 88.4 Å². The van der Waals surface area contributed by atoms with Crippen LogP contribution in [0.5, 0.6) is 5.75 Å². The molecule has 2 aliphatic heterocycles. The molecule has 2 aromatic carbocycles. The zero-order chi connectivity index (χ0) is 21.1. The first-order valence-corrected chi connectivity index (χ1v) is 10.9. The fourth-order valence-electron chi connectivity index (χ4n) is 4.52. The number of fused-ring (bicyclic) bond motifs is 4. The van der Waals surface area contributed by atoms with Gasteiger partial charge in [0.05, 0.1) is 17.8 Å². The molecule has 7 heteroatoms. The highest BCUT2D eigenvalue weighted by atomic mass is 79.9. The van der Waals surface area contributed by atoms with Crippen molar-refractivity contribution in [1.29, 1.82) is 0 Å². The minimum atomic E-state index is -0.461. The van der Waals surface area contributed by atoms with Crippen LogP contribution in [0.2, 0.25) is 0 Å². The van der Waals surface area contributed by atoms with Crippen molar-refractivity contribution in [3.63, 3.8) is 0 Å². The molecule has 2 aliphatic rings. The van der Waals surface area contributed by atoms with Crippen molar-refractivity contribution in [2.45, 2.75) is 25.6 Å². The SMILES string of the molecule is CC(=O)n1cc(C2Oc3ccc(Br)cc3C3CC(c4ccco4)=NN32)c2ccccc21. The molecule has 4 heterocycles. The maximum absolute atomic E-state index is 12.3. The topological polar surface area (TPSA) is 60.0 Å². The lowest BCUT2D eigenvalue weighted by atomic mass is 9.97. The van der Waals surface area contributed by atoms with E-state index in [1.165, 1.54) is 0 Å². The molecule has 0 N–H and O–H groups in total. The standard InChI is InChI=1S/C24H18BrN3O3/c1-14(29)27-13-18(16-5-2-3-6-20(16)27)24-28-21(12-19(26-28)23-7-4-10-30-23)17-11-15(25)8-9-22(17)31-24/h2-11,13,21,24H,12H2,1H3. The van der Waals surface area contributed by atoms with Crippen molar-refractivity contribution >= 4 is 38.5 Å². The Morgan fingerprint density at radius 2 is 2.00 bits per heavy atom. The predicted octanol–water partition coefficient (Wildman–Crippen LogP) is 5.90. The number of carbonyl (C=O) groups excluding carboxylic acids is 1. The van der Waals surface area contributed by atoms with Gasteiger partial charge in [-0.25, -0.2) is 5.01 Å². The zero-order valence-electron chi connectivity index (χ0n) is 16.7. The molecule has 2 unspecified atom stereocenters. The first-order chi connectivity index (χ1) is 15.1. The number of benzene rings is 2. The number of rotatable bonds is 2. The lowest BCUT2D eigenvalue weighted by Crippen LogP contribution is -2.33. The highest BCUT2D eigenvalue weighted by Gasteiger charge is 2.42. The van der Waals surface area contributed by atoms with Crippen LogP contribution in [0.15, 0.2) is 81.0 Å². The van der Waals surface area contributed by atoms with Gasteiger partial charge in [-0.05, 0) is 36.4 Å². The van der Waals surface area contributed by atoms with E-state index in [1.54, 1.807) is 17.8 Å². The van der Waals surface area contributed by atoms with E-state index in [-0.39, 0.29) is 11.9 Å². The summed E-state index contributed by atoms with van der Waals surface area (Å²) in [4.78, 5) is 12.3. The molecule has 0 aliphatic carbocycles. The summed E-state index contributed by atoms with van der Waals surface area (Å²) in [6.07, 6.45) is 3.78. The van der Waals surface area contributed by atoms with Gasteiger partial charge >= 0.3 is 0 Å². The second kappa shape index (κ2) is 6.85. The van der Waals surface area contributed by atoms with Gasteiger partial charge < -0.3 is 9.15 Å². The van der Waals surface area contributed by atoms with Crippen molar-refractivity contribution in [1.82, 2.24) is 9.58 Å². The molecule has 4 aromatic rings. The molecule has 0 amide bonds. The summed E-state index contributed by atoms with van der Waals surface area (Å²) in [6, 6.07) is 17.7. The second-order valence-electron chi connectivity index (χ2n) is 7.77. The number of carbonyl (C=O) groups is 1. The number of hydrazone groups is 1. The Hall–Kier alpha value is -3.32. The van der Waals surface area contributed by atoms with Gasteiger partial charge in [-0.1, -0.05) is 34.1 Å². The fourth-order valence-corrected chi connectivity index (χ4v) is 4.90. The van der Waals surface area contributed by atoms with Crippen LogP contribution in [0.25, 0.3) is 10.9 Å². The summed E-state index contributed by atoms with van der Waals surface area (Å²) in [7, 11) is 0. The van der Waals surface area contributed by atoms with Gasteiger partial charge in [-0.2, -0.15) is 5.10 Å². The lowest BCUT2D eigenvalue weighted by Gasteiger charge is -2.38. The molecule has 0 bridgehead atoms. The van der Waals surface area contributed by atoms with Gasteiger partial charge in [0.25, 0.3) is 0 Å². The highest BCUT2D eigenvalue weighted by molar-refractivity contribution is 9.10. The molecule has 31 heavy (non-hydrogen) atoms. The maximum atomic E-state index is 12.3. The number of hydrogen-bond donors (Lipinski definition) is 0. The van der Waals surface area contributed by atoms with Gasteiger partial charge in [-0.3, -0.25) is 9.36 Å². The van der Waals surface area contributed by atoms with E-state index >= 15 is 0 Å². The molecule has 0 radical (unpaired) electrons. The summed E-state index contributed by atoms with van der Waals surface area (Å²) in [5.74, 6) is 1.54. The summed E-state index contributed by atoms with van der Waals surface area (Å²) < 4.78 is 14.8. The molecule has 0 saturated carbocycles. The van der Waals surface area contributed by atoms with E-state index < -0.39 is 6.23 Å². The number of furan rings is 1. The second-order valence-corrected chi connectivity index (χ2v) is 8.68. The summed E-state index contributed by atoms with van der Waals surface area (Å²) in [6.45, 7) is 1.57. The summed E-state index contributed by atoms with van der Waals surface area (Å²) in [5, 5.41) is 7.90. The lowest BCUT2D eigenvalue weighted by molar-refractivity contribution is -0.0181. The van der Waals surface area contributed by atoms with Crippen molar-refractivity contribution in [2.24, 2.45) is 5.10 Å². The Balaban J connectivity index is 1.54. The predicted molar refractivity (Wildman–Crippen MR) is 120 cm³/mol. The summed E-state index contributed by atoms with van der Waals surface area (Å²) in [5.41, 5.74) is 3.73. The highest BCUT2D eigenvalue weighted by Crippen LogP contribution is 2.49. The minimum Gasteiger partial charge on any atom is -0.464 e. The van der Waals surface area contributed by atoms with Crippen molar-refractivity contribution in [2.75, 3.05) is 0 Å². The maximum Gasteiger partial charge on any atom is 0.227 e. The smallest absolute Gasteiger partial charge is 0.227 e. The van der Waals surface area contributed by atoms with Gasteiger partial charge in [-0.15, -0.1) is 0 Å². The third-order valence-electron chi connectivity index (χ3n) is 5.91. The zero-order valence-corrected chi connectivity index (χ0v) is 18.2. The van der Waals surface area contributed by atoms with E-state index in [9.17, 15) is 4.79 Å². The van der Waals surface area contributed by atoms with Crippen LogP contribution in [0.1, 0.15) is 47.3 Å². The molecule has 0 spiro atoms. The summed E-state index contributed by atoms with van der Waals surface area (Å²) >= 11 is 3.58. The molecule has 0 saturated heterocycles. The third-order valence-corrected chi connectivity index (χ3v) is 6.40. The number of nitrogens with zero attached hydrogens (tertiary/aromatic N) is 3. The Bertz CT molecular complexity index is 1360. The van der Waals surface area contributed by atoms with Crippen LogP contribution in [-0.2, 0) is 0 Å². The van der Waals surface area contributed by atoms with E-state index in [0.29, 0.717) is 6.42 Å². The van der Waals surface area contributed by atoms with E-state index in [1.807, 2.05) is 59.7 Å². The van der Waals surface area contributed by atoms with Crippen LogP contribution in [0.4, 0.5) is 0 Å². The van der Waals surface area contributed by atoms with Crippen LogP contribution < -0.4 is 4.74 Å². The van der Waals surface area contributed by atoms with Crippen LogP contribution in [0.3, 0.4) is 0 Å². The quantitative estimate of drug-likeness (QED) is 0.362. The number of para-hydroxylation sites is 1. The van der Waals surface area contributed by atoms with Gasteiger partial charge in [0.2, 0.25) is 12.1 Å². The largest absolute Gasteiger partial charge is 0.464 e. The third kappa shape index (κ3) is 2.84. The van der Waals surface area contributed by atoms with E-state index in [2.05, 4.69) is 22.0 Å². The molecular formula is C24H18BrN3O3. The minimum absolute atomic E-state index is 0.00536. The number of ether oxygens (including phenoxy) is 1.